The van der Waals surface area contributed by atoms with Crippen LogP contribution in [0.15, 0.2) is 0 Å². The fourth-order valence-electron chi connectivity index (χ4n) is 3.64. The van der Waals surface area contributed by atoms with Crippen molar-refractivity contribution < 1.29 is 5.11 Å². The molecular weight excluding hydrogens is 214 g/mol. The minimum atomic E-state index is -0.175. The van der Waals surface area contributed by atoms with Gasteiger partial charge in [0.1, 0.15) is 0 Å². The summed E-state index contributed by atoms with van der Waals surface area (Å²) in [5.74, 6) is 0.731. The standard InChI is InChI=1S/C13H25N3O/c1-9-6-7-13(17)12(8-9)16-14-10-4-2-3-5-11(10)15-16/h9-15,17H,2-8H2,1H3. The molecule has 2 aliphatic carbocycles. The third-order valence-corrected chi connectivity index (χ3v) is 4.75. The molecule has 0 bridgehead atoms. The SMILES string of the molecule is CC1CCC(O)C(N2NC3CCCCC3N2)C1. The number of rotatable bonds is 1. The van der Waals surface area contributed by atoms with Crippen molar-refractivity contribution >= 4 is 0 Å². The number of hydrogen-bond donors (Lipinski definition) is 3. The number of aliphatic hydroxyl groups is 1. The van der Waals surface area contributed by atoms with E-state index >= 15 is 0 Å². The number of hydrazine groups is 2. The zero-order valence-corrected chi connectivity index (χ0v) is 10.7. The zero-order valence-electron chi connectivity index (χ0n) is 10.7. The fourth-order valence-corrected chi connectivity index (χ4v) is 3.64. The largest absolute Gasteiger partial charge is 0.391 e. The topological polar surface area (TPSA) is 47.5 Å². The summed E-state index contributed by atoms with van der Waals surface area (Å²) in [6.45, 7) is 2.29. The van der Waals surface area contributed by atoms with E-state index in [1.807, 2.05) is 0 Å². The highest BCUT2D eigenvalue weighted by Gasteiger charge is 2.40. The van der Waals surface area contributed by atoms with Crippen molar-refractivity contribution in [3.05, 3.63) is 0 Å². The van der Waals surface area contributed by atoms with Gasteiger partial charge in [-0.15, -0.1) is 0 Å². The maximum atomic E-state index is 10.2. The molecule has 3 fully saturated rings. The van der Waals surface area contributed by atoms with Crippen LogP contribution in [0.25, 0.3) is 0 Å². The van der Waals surface area contributed by atoms with Crippen LogP contribution in [-0.2, 0) is 0 Å². The molecule has 0 aromatic heterocycles. The molecule has 3 rings (SSSR count). The highest BCUT2D eigenvalue weighted by Crippen LogP contribution is 2.30. The number of nitrogens with one attached hydrogen (secondary N) is 2. The third kappa shape index (κ3) is 2.36. The Hall–Kier alpha value is -0.160. The second-order valence-electron chi connectivity index (χ2n) is 6.18. The predicted molar refractivity (Wildman–Crippen MR) is 67.0 cm³/mol. The van der Waals surface area contributed by atoms with E-state index in [-0.39, 0.29) is 12.1 Å². The summed E-state index contributed by atoms with van der Waals surface area (Å²) in [7, 11) is 0. The van der Waals surface area contributed by atoms with Crippen LogP contribution in [0.4, 0.5) is 0 Å². The third-order valence-electron chi connectivity index (χ3n) is 4.75. The van der Waals surface area contributed by atoms with Crippen molar-refractivity contribution in [1.29, 1.82) is 0 Å². The molecule has 4 heteroatoms. The molecule has 3 aliphatic rings. The number of hydrogen-bond acceptors (Lipinski definition) is 4. The first kappa shape index (κ1) is 11.9. The second kappa shape index (κ2) is 4.84. The Bertz CT molecular complexity index is 259. The van der Waals surface area contributed by atoms with E-state index in [0.717, 1.165) is 18.8 Å². The summed E-state index contributed by atoms with van der Waals surface area (Å²) >= 11 is 0. The maximum Gasteiger partial charge on any atom is 0.0724 e. The van der Waals surface area contributed by atoms with Crippen LogP contribution >= 0.6 is 0 Å². The Balaban J connectivity index is 1.64. The van der Waals surface area contributed by atoms with Crippen molar-refractivity contribution in [2.45, 2.75) is 76.1 Å². The quantitative estimate of drug-likeness (QED) is 0.643. The van der Waals surface area contributed by atoms with E-state index in [2.05, 4.69) is 22.9 Å². The smallest absolute Gasteiger partial charge is 0.0724 e. The van der Waals surface area contributed by atoms with E-state index in [0.29, 0.717) is 12.1 Å². The predicted octanol–water partition coefficient (Wildman–Crippen LogP) is 1.17. The molecule has 0 aromatic carbocycles. The Morgan fingerprint density at radius 1 is 1.00 bits per heavy atom. The van der Waals surface area contributed by atoms with Crippen LogP contribution in [0.2, 0.25) is 0 Å². The van der Waals surface area contributed by atoms with Gasteiger partial charge in [0.2, 0.25) is 0 Å². The van der Waals surface area contributed by atoms with Gasteiger partial charge in [-0.2, -0.15) is 5.12 Å². The van der Waals surface area contributed by atoms with Gasteiger partial charge in [-0.05, 0) is 38.0 Å². The van der Waals surface area contributed by atoms with Crippen molar-refractivity contribution in [3.8, 4) is 0 Å². The summed E-state index contributed by atoms with van der Waals surface area (Å²) in [5, 5.41) is 12.3. The fraction of sp³-hybridized carbons (Fsp3) is 1.00. The molecular formula is C13H25N3O. The van der Waals surface area contributed by atoms with Gasteiger partial charge in [0.15, 0.2) is 0 Å². The van der Waals surface area contributed by atoms with Gasteiger partial charge < -0.3 is 5.11 Å². The van der Waals surface area contributed by atoms with Crippen LogP contribution in [-0.4, -0.2) is 34.5 Å². The lowest BCUT2D eigenvalue weighted by atomic mass is 9.85. The molecule has 98 valence electrons. The van der Waals surface area contributed by atoms with Crippen molar-refractivity contribution in [2.24, 2.45) is 5.92 Å². The van der Waals surface area contributed by atoms with Gasteiger partial charge in [-0.25, -0.2) is 10.9 Å². The lowest BCUT2D eigenvalue weighted by Gasteiger charge is -2.37. The Morgan fingerprint density at radius 2 is 1.65 bits per heavy atom. The lowest BCUT2D eigenvalue weighted by molar-refractivity contribution is -0.0310. The highest BCUT2D eigenvalue weighted by molar-refractivity contribution is 4.93. The monoisotopic (exact) mass is 239 g/mol. The van der Waals surface area contributed by atoms with E-state index < -0.39 is 0 Å². The number of nitrogens with zero attached hydrogens (tertiary/aromatic N) is 1. The van der Waals surface area contributed by atoms with Crippen LogP contribution in [0, 0.1) is 5.92 Å². The van der Waals surface area contributed by atoms with Gasteiger partial charge >= 0.3 is 0 Å². The highest BCUT2D eigenvalue weighted by atomic mass is 16.3. The normalized spacial score (nSPS) is 48.0. The zero-order chi connectivity index (χ0) is 11.8. The first-order valence-electron chi connectivity index (χ1n) is 7.23. The molecule has 0 amide bonds. The molecule has 17 heavy (non-hydrogen) atoms. The van der Waals surface area contributed by atoms with Crippen LogP contribution in [0.3, 0.4) is 0 Å². The number of fused-ring (bicyclic) bond motifs is 1. The van der Waals surface area contributed by atoms with E-state index in [1.54, 1.807) is 0 Å². The summed E-state index contributed by atoms with van der Waals surface area (Å²) < 4.78 is 0. The minimum absolute atomic E-state index is 0.175. The van der Waals surface area contributed by atoms with Crippen molar-refractivity contribution in [3.63, 3.8) is 0 Å². The minimum Gasteiger partial charge on any atom is -0.391 e. The molecule has 1 aliphatic heterocycles. The van der Waals surface area contributed by atoms with Crippen LogP contribution in [0.5, 0.6) is 0 Å². The molecule has 1 saturated heterocycles. The van der Waals surface area contributed by atoms with Gasteiger partial charge in [-0.3, -0.25) is 0 Å². The molecule has 1 heterocycles. The molecule has 5 atom stereocenters. The van der Waals surface area contributed by atoms with Gasteiger partial charge in [0, 0.05) is 12.1 Å². The molecule has 4 nitrogen and oxygen atoms in total. The summed E-state index contributed by atoms with van der Waals surface area (Å²) in [6.07, 6.45) is 8.26. The van der Waals surface area contributed by atoms with Gasteiger partial charge in [-0.1, -0.05) is 19.8 Å². The van der Waals surface area contributed by atoms with Crippen molar-refractivity contribution in [2.75, 3.05) is 0 Å². The lowest BCUT2D eigenvalue weighted by Crippen LogP contribution is -2.55. The van der Waals surface area contributed by atoms with Crippen molar-refractivity contribution in [1.82, 2.24) is 16.0 Å². The Morgan fingerprint density at radius 3 is 2.29 bits per heavy atom. The summed E-state index contributed by atoms with van der Waals surface area (Å²) in [5.41, 5.74) is 7.15. The first-order valence-corrected chi connectivity index (χ1v) is 7.23. The van der Waals surface area contributed by atoms with Crippen LogP contribution < -0.4 is 10.9 Å². The Labute approximate surface area is 104 Å². The van der Waals surface area contributed by atoms with E-state index in [9.17, 15) is 5.11 Å². The Kier molecular flexibility index (Phi) is 3.39. The van der Waals surface area contributed by atoms with E-state index in [4.69, 9.17) is 0 Å². The second-order valence-corrected chi connectivity index (χ2v) is 6.18. The van der Waals surface area contributed by atoms with Gasteiger partial charge in [0.25, 0.3) is 0 Å². The molecule has 0 aromatic rings. The summed E-state index contributed by atoms with van der Waals surface area (Å²) in [6, 6.07) is 1.44. The average Bonchev–Trinajstić information content (AvgIpc) is 2.75. The van der Waals surface area contributed by atoms with Crippen LogP contribution in [0.1, 0.15) is 51.9 Å². The molecule has 0 radical (unpaired) electrons. The molecule has 3 N–H and O–H groups in total. The van der Waals surface area contributed by atoms with Gasteiger partial charge in [0.05, 0.1) is 12.1 Å². The average molecular weight is 239 g/mol. The first-order chi connectivity index (χ1) is 8.24. The molecule has 0 spiro atoms. The number of aliphatic hydroxyl groups excluding tert-OH is 1. The maximum absolute atomic E-state index is 10.2. The molecule has 2 saturated carbocycles. The summed E-state index contributed by atoms with van der Waals surface area (Å²) in [4.78, 5) is 0. The van der Waals surface area contributed by atoms with E-state index in [1.165, 1.54) is 32.1 Å². The molecule has 5 unspecified atom stereocenters.